The van der Waals surface area contributed by atoms with Crippen molar-refractivity contribution in [1.82, 2.24) is 19.5 Å². The van der Waals surface area contributed by atoms with Crippen molar-refractivity contribution in [1.29, 1.82) is 0 Å². The van der Waals surface area contributed by atoms with Gasteiger partial charge in [-0.05, 0) is 77.5 Å². The highest BCUT2D eigenvalue weighted by Gasteiger charge is 2.29. The largest absolute Gasteiger partial charge is 0.352 e. The van der Waals surface area contributed by atoms with Gasteiger partial charge in [0.2, 0.25) is 10.0 Å². The van der Waals surface area contributed by atoms with E-state index in [1.165, 1.54) is 4.31 Å². The molecule has 1 fully saturated rings. The van der Waals surface area contributed by atoms with Crippen molar-refractivity contribution in [3.8, 4) is 0 Å². The summed E-state index contributed by atoms with van der Waals surface area (Å²) in [5, 5.41) is 11.6. The summed E-state index contributed by atoms with van der Waals surface area (Å²) in [7, 11) is -3.48. The second-order valence-electron chi connectivity index (χ2n) is 6.97. The number of nitrogens with one attached hydrogen (secondary N) is 1. The topological polar surface area (TPSA) is 91.3 Å². The van der Waals surface area contributed by atoms with E-state index in [4.69, 9.17) is 0 Å². The highest BCUT2D eigenvalue weighted by Crippen LogP contribution is 2.21. The molecule has 0 saturated carbocycles. The molecule has 1 N–H and O–H groups in total. The zero-order valence-electron chi connectivity index (χ0n) is 16.4. The van der Waals surface area contributed by atoms with E-state index in [2.05, 4.69) is 43.1 Å². The van der Waals surface area contributed by atoms with Crippen molar-refractivity contribution in [2.24, 2.45) is 0 Å². The third-order valence-corrected chi connectivity index (χ3v) is 7.46. The van der Waals surface area contributed by atoms with Gasteiger partial charge in [-0.2, -0.15) is 4.31 Å². The molecule has 2 aromatic heterocycles. The number of nitrogens with zero attached hydrogens (tertiary/aromatic N) is 5. The lowest BCUT2D eigenvalue weighted by atomic mass is 10.3. The molecule has 10 heteroatoms. The van der Waals surface area contributed by atoms with Crippen molar-refractivity contribution in [3.05, 3.63) is 63.9 Å². The molecule has 156 valence electrons. The first-order chi connectivity index (χ1) is 14.4. The normalized spacial score (nSPS) is 15.2. The Balaban J connectivity index is 1.38. The Bertz CT molecular complexity index is 1100. The van der Waals surface area contributed by atoms with Crippen LogP contribution in [0.4, 0.5) is 17.5 Å². The minimum Gasteiger partial charge on any atom is -0.352 e. The Kier molecular flexibility index (Phi) is 6.16. The van der Waals surface area contributed by atoms with Crippen LogP contribution in [-0.4, -0.2) is 54.1 Å². The number of pyridine rings is 1. The van der Waals surface area contributed by atoms with Gasteiger partial charge in [0.05, 0.1) is 4.90 Å². The zero-order chi connectivity index (χ0) is 21.1. The maximum atomic E-state index is 12.8. The summed E-state index contributed by atoms with van der Waals surface area (Å²) in [6, 6.07) is 14.5. The summed E-state index contributed by atoms with van der Waals surface area (Å²) in [6.45, 7) is 3.92. The van der Waals surface area contributed by atoms with Crippen LogP contribution in [0.2, 0.25) is 0 Å². The first-order valence-corrected chi connectivity index (χ1v) is 12.0. The lowest BCUT2D eigenvalue weighted by Crippen LogP contribution is -2.49. The molecular formula is C20H21IN6O2S. The lowest BCUT2D eigenvalue weighted by molar-refractivity contribution is 0.383. The molecule has 0 atom stereocenters. The van der Waals surface area contributed by atoms with Gasteiger partial charge in [0, 0.05) is 35.9 Å². The SMILES string of the molecule is Cc1ccc(Nc2ccc(N3CCN(S(=O)(=O)c4ccc(I)cc4)CC3)nn2)nc1. The average molecular weight is 536 g/mol. The number of hydrogen-bond acceptors (Lipinski definition) is 7. The van der Waals surface area contributed by atoms with E-state index < -0.39 is 10.0 Å². The number of piperazine rings is 1. The Morgan fingerprint density at radius 1 is 0.900 bits per heavy atom. The van der Waals surface area contributed by atoms with Crippen LogP contribution in [-0.2, 0) is 10.0 Å². The zero-order valence-corrected chi connectivity index (χ0v) is 19.3. The monoisotopic (exact) mass is 536 g/mol. The molecule has 1 aliphatic rings. The van der Waals surface area contributed by atoms with Crippen LogP contribution in [0.25, 0.3) is 0 Å². The number of benzene rings is 1. The Labute approximate surface area is 189 Å². The second kappa shape index (κ2) is 8.82. The molecule has 3 heterocycles. The molecule has 0 spiro atoms. The molecule has 0 aliphatic carbocycles. The van der Waals surface area contributed by atoms with Gasteiger partial charge >= 0.3 is 0 Å². The Morgan fingerprint density at radius 2 is 1.60 bits per heavy atom. The van der Waals surface area contributed by atoms with Gasteiger partial charge < -0.3 is 10.2 Å². The van der Waals surface area contributed by atoms with Crippen LogP contribution in [0.3, 0.4) is 0 Å². The van der Waals surface area contributed by atoms with Crippen LogP contribution in [0, 0.1) is 10.5 Å². The van der Waals surface area contributed by atoms with Gasteiger partial charge in [0.15, 0.2) is 11.6 Å². The molecule has 0 unspecified atom stereocenters. The Hall–Kier alpha value is -2.31. The fourth-order valence-corrected chi connectivity index (χ4v) is 4.93. The van der Waals surface area contributed by atoms with Gasteiger partial charge in [0.1, 0.15) is 5.82 Å². The van der Waals surface area contributed by atoms with Gasteiger partial charge in [-0.25, -0.2) is 13.4 Å². The quantitative estimate of drug-likeness (QED) is 0.502. The standard InChI is InChI=1S/C20H21IN6O2S/c1-15-2-7-18(22-14-15)23-19-8-9-20(25-24-19)26-10-12-27(13-11-26)30(28,29)17-5-3-16(21)4-6-17/h2-9,14H,10-13H2,1H3,(H,22,23,24). The summed E-state index contributed by atoms with van der Waals surface area (Å²) in [5.41, 5.74) is 1.09. The molecular weight excluding hydrogens is 515 g/mol. The van der Waals surface area contributed by atoms with Crippen molar-refractivity contribution >= 4 is 50.1 Å². The predicted octanol–water partition coefficient (Wildman–Crippen LogP) is 3.04. The summed E-state index contributed by atoms with van der Waals surface area (Å²) >= 11 is 2.16. The maximum absolute atomic E-state index is 12.8. The molecule has 3 aromatic rings. The van der Waals surface area contributed by atoms with Gasteiger partial charge in [0.25, 0.3) is 0 Å². The van der Waals surface area contributed by atoms with E-state index in [9.17, 15) is 8.42 Å². The molecule has 4 rings (SSSR count). The van der Waals surface area contributed by atoms with Crippen molar-refractivity contribution < 1.29 is 8.42 Å². The fourth-order valence-electron chi connectivity index (χ4n) is 3.15. The third-order valence-electron chi connectivity index (χ3n) is 4.83. The minimum absolute atomic E-state index is 0.330. The van der Waals surface area contributed by atoms with Gasteiger partial charge in [-0.3, -0.25) is 0 Å². The van der Waals surface area contributed by atoms with Gasteiger partial charge in [-0.1, -0.05) is 6.07 Å². The molecule has 30 heavy (non-hydrogen) atoms. The van der Waals surface area contributed by atoms with E-state index in [1.807, 2.05) is 36.1 Å². The molecule has 1 saturated heterocycles. The third kappa shape index (κ3) is 4.71. The highest BCUT2D eigenvalue weighted by atomic mass is 127. The number of aryl methyl sites for hydroxylation is 1. The smallest absolute Gasteiger partial charge is 0.243 e. The summed E-state index contributed by atoms with van der Waals surface area (Å²) in [4.78, 5) is 6.67. The summed E-state index contributed by atoms with van der Waals surface area (Å²) < 4.78 is 28.2. The van der Waals surface area contributed by atoms with E-state index in [0.717, 1.165) is 15.0 Å². The van der Waals surface area contributed by atoms with Gasteiger partial charge in [-0.15, -0.1) is 10.2 Å². The van der Waals surface area contributed by atoms with Crippen molar-refractivity contribution in [2.45, 2.75) is 11.8 Å². The highest BCUT2D eigenvalue weighted by molar-refractivity contribution is 14.1. The lowest BCUT2D eigenvalue weighted by Gasteiger charge is -2.34. The molecule has 1 aromatic carbocycles. The Morgan fingerprint density at radius 3 is 2.20 bits per heavy atom. The molecule has 0 bridgehead atoms. The van der Waals surface area contributed by atoms with E-state index >= 15 is 0 Å². The number of hydrogen-bond donors (Lipinski definition) is 1. The molecule has 0 amide bonds. The van der Waals surface area contributed by atoms with Crippen LogP contribution >= 0.6 is 22.6 Å². The second-order valence-corrected chi connectivity index (χ2v) is 10.2. The summed E-state index contributed by atoms with van der Waals surface area (Å²) in [5.74, 6) is 2.04. The van der Waals surface area contributed by atoms with Crippen molar-refractivity contribution in [2.75, 3.05) is 36.4 Å². The average Bonchev–Trinajstić information content (AvgIpc) is 2.76. The van der Waals surface area contributed by atoms with E-state index in [-0.39, 0.29) is 0 Å². The summed E-state index contributed by atoms with van der Waals surface area (Å²) in [6.07, 6.45) is 1.79. The predicted molar refractivity (Wildman–Crippen MR) is 124 cm³/mol. The van der Waals surface area contributed by atoms with E-state index in [1.54, 1.807) is 30.5 Å². The van der Waals surface area contributed by atoms with E-state index in [0.29, 0.717) is 42.7 Å². The fraction of sp³-hybridized carbons (Fsp3) is 0.250. The molecule has 0 radical (unpaired) electrons. The molecule has 1 aliphatic heterocycles. The minimum atomic E-state index is -3.48. The van der Waals surface area contributed by atoms with Crippen LogP contribution in [0.1, 0.15) is 5.56 Å². The first kappa shape index (κ1) is 20.9. The number of rotatable bonds is 5. The number of sulfonamides is 1. The van der Waals surface area contributed by atoms with Crippen LogP contribution < -0.4 is 10.2 Å². The van der Waals surface area contributed by atoms with Crippen LogP contribution in [0.5, 0.6) is 0 Å². The van der Waals surface area contributed by atoms with Crippen LogP contribution in [0.15, 0.2) is 59.6 Å². The first-order valence-electron chi connectivity index (χ1n) is 9.46. The number of anilines is 3. The molecule has 8 nitrogen and oxygen atoms in total. The number of halogens is 1. The van der Waals surface area contributed by atoms with Crippen molar-refractivity contribution in [3.63, 3.8) is 0 Å². The number of aromatic nitrogens is 3. The maximum Gasteiger partial charge on any atom is 0.243 e.